The van der Waals surface area contributed by atoms with Gasteiger partial charge in [-0.05, 0) is 66.5 Å². The summed E-state index contributed by atoms with van der Waals surface area (Å²) < 4.78 is 50.7. The maximum Gasteiger partial charge on any atom is 0.411 e. The molecule has 1 heterocycles. The average molecular weight is 736 g/mol. The summed E-state index contributed by atoms with van der Waals surface area (Å²) in [7, 11) is -2.95. The van der Waals surface area contributed by atoms with E-state index in [0.29, 0.717) is 17.9 Å². The molecule has 51 heavy (non-hydrogen) atoms. The van der Waals surface area contributed by atoms with Crippen LogP contribution in [-0.4, -0.2) is 73.6 Å². The van der Waals surface area contributed by atoms with Crippen molar-refractivity contribution in [3.63, 3.8) is 0 Å². The topological polar surface area (TPSA) is 132 Å². The van der Waals surface area contributed by atoms with E-state index in [4.69, 9.17) is 18.6 Å². The molecule has 1 aliphatic heterocycles. The molecule has 1 atom stereocenters. The second-order valence-corrected chi connectivity index (χ2v) is 20.4. The Labute approximate surface area is 302 Å². The van der Waals surface area contributed by atoms with Gasteiger partial charge in [0.05, 0.1) is 35.9 Å². The first-order valence-corrected chi connectivity index (χ1v) is 21.1. The molecule has 0 bridgehead atoms. The van der Waals surface area contributed by atoms with Crippen LogP contribution in [0.1, 0.15) is 48.7 Å². The molecule has 11 nitrogen and oxygen atoms in total. The first kappa shape index (κ1) is 39.4. The van der Waals surface area contributed by atoms with Gasteiger partial charge < -0.3 is 23.5 Å². The number of ether oxygens (including phenoxy) is 3. The molecule has 1 aliphatic rings. The van der Waals surface area contributed by atoms with E-state index in [-0.39, 0.29) is 59.5 Å². The Morgan fingerprint density at radius 1 is 1.04 bits per heavy atom. The number of carbonyl (C=O) groups is 2. The third kappa shape index (κ3) is 9.88. The molecule has 3 aromatic rings. The number of nitrogens with one attached hydrogen (secondary N) is 2. The predicted molar refractivity (Wildman–Crippen MR) is 202 cm³/mol. The number of benzene rings is 3. The van der Waals surface area contributed by atoms with E-state index in [2.05, 4.69) is 50.5 Å². The maximum absolute atomic E-state index is 14.6. The van der Waals surface area contributed by atoms with Gasteiger partial charge >= 0.3 is 6.09 Å². The SMILES string of the molecule is C=CCOC(=O)Nc1cc(OCc2ccccc2)c(OC)cc1C(=O)N1CC=C(c2ccc(S(=O)(=O)NC)cc2)C[C@H]1CO[Si](C)(C)C(C)(C)C. The fourth-order valence-electron chi connectivity index (χ4n) is 5.21. The van der Waals surface area contributed by atoms with Crippen molar-refractivity contribution in [1.29, 1.82) is 0 Å². The molecule has 274 valence electrons. The van der Waals surface area contributed by atoms with Crippen molar-refractivity contribution < 1.29 is 36.6 Å². The predicted octanol–water partition coefficient (Wildman–Crippen LogP) is 7.24. The number of anilines is 1. The molecule has 2 amide bonds. The van der Waals surface area contributed by atoms with E-state index in [9.17, 15) is 18.0 Å². The van der Waals surface area contributed by atoms with Crippen molar-refractivity contribution in [2.24, 2.45) is 0 Å². The van der Waals surface area contributed by atoms with Crippen LogP contribution in [-0.2, 0) is 25.8 Å². The van der Waals surface area contributed by atoms with E-state index in [1.54, 1.807) is 41.3 Å². The van der Waals surface area contributed by atoms with E-state index in [1.807, 2.05) is 36.4 Å². The van der Waals surface area contributed by atoms with Crippen molar-refractivity contribution in [1.82, 2.24) is 9.62 Å². The molecule has 13 heteroatoms. The lowest BCUT2D eigenvalue weighted by atomic mass is 9.93. The van der Waals surface area contributed by atoms with Crippen LogP contribution in [0, 0.1) is 0 Å². The quantitative estimate of drug-likeness (QED) is 0.131. The molecule has 2 N–H and O–H groups in total. The molecule has 0 aromatic heterocycles. The average Bonchev–Trinajstić information content (AvgIpc) is 3.11. The highest BCUT2D eigenvalue weighted by atomic mass is 32.2. The summed E-state index contributed by atoms with van der Waals surface area (Å²) in [5, 5.41) is 2.66. The minimum absolute atomic E-state index is 0.0168. The van der Waals surface area contributed by atoms with Gasteiger partial charge in [0.15, 0.2) is 19.8 Å². The number of methoxy groups -OCH3 is 1. The van der Waals surface area contributed by atoms with Crippen LogP contribution in [0.4, 0.5) is 10.5 Å². The minimum Gasteiger partial charge on any atom is -0.493 e. The van der Waals surface area contributed by atoms with Gasteiger partial charge in [0.25, 0.3) is 5.91 Å². The van der Waals surface area contributed by atoms with Crippen molar-refractivity contribution in [2.45, 2.75) is 62.9 Å². The Bertz CT molecular complexity index is 1840. The van der Waals surface area contributed by atoms with E-state index in [1.165, 1.54) is 20.2 Å². The largest absolute Gasteiger partial charge is 0.493 e. The van der Waals surface area contributed by atoms with E-state index < -0.39 is 24.4 Å². The third-order valence-corrected chi connectivity index (χ3v) is 15.2. The van der Waals surface area contributed by atoms with Crippen LogP contribution >= 0.6 is 0 Å². The van der Waals surface area contributed by atoms with Crippen molar-refractivity contribution in [3.8, 4) is 11.5 Å². The molecule has 0 spiro atoms. The number of hydrogen-bond acceptors (Lipinski definition) is 8. The van der Waals surface area contributed by atoms with Gasteiger partial charge in [0.2, 0.25) is 10.0 Å². The second kappa shape index (κ2) is 16.7. The van der Waals surface area contributed by atoms with Gasteiger partial charge in [-0.1, -0.05) is 82.0 Å². The summed E-state index contributed by atoms with van der Waals surface area (Å²) in [5.41, 5.74) is 3.12. The molecule has 3 aromatic carbocycles. The van der Waals surface area contributed by atoms with Crippen LogP contribution in [0.15, 0.2) is 90.4 Å². The van der Waals surface area contributed by atoms with Crippen LogP contribution in [0.5, 0.6) is 11.5 Å². The monoisotopic (exact) mass is 735 g/mol. The fraction of sp³-hybridized carbons (Fsp3) is 0.368. The standard InChI is InChI=1S/C38H49N3O8SSi/c1-9-21-47-37(43)40-33-24-35(48-25-27-13-11-10-12-14-27)34(46-6)23-32(33)36(42)41-20-19-29(22-30(41)26-49-51(7,8)38(2,3)4)28-15-17-31(18-16-28)50(44,45)39-5/h9-19,23-24,30,39H,1,20-22,25-26H2,2-8H3,(H,40,43)/t30-/m0/s1. The molecule has 0 saturated carbocycles. The van der Waals surface area contributed by atoms with Crippen LogP contribution < -0.4 is 19.5 Å². The van der Waals surface area contributed by atoms with Gasteiger partial charge in [-0.2, -0.15) is 0 Å². The Morgan fingerprint density at radius 3 is 2.33 bits per heavy atom. The lowest BCUT2D eigenvalue weighted by Gasteiger charge is -2.41. The molecular weight excluding hydrogens is 687 g/mol. The van der Waals surface area contributed by atoms with Crippen molar-refractivity contribution in [2.75, 3.05) is 39.2 Å². The van der Waals surface area contributed by atoms with Crippen molar-refractivity contribution in [3.05, 3.63) is 102 Å². The van der Waals surface area contributed by atoms with Gasteiger partial charge in [-0.3, -0.25) is 10.1 Å². The third-order valence-electron chi connectivity index (χ3n) is 9.28. The Balaban J connectivity index is 1.73. The lowest BCUT2D eigenvalue weighted by Crippen LogP contribution is -2.49. The molecular formula is C38H49N3O8SSi. The number of rotatable bonds is 14. The minimum atomic E-state index is -3.59. The van der Waals surface area contributed by atoms with Gasteiger partial charge in [0, 0.05) is 12.6 Å². The first-order chi connectivity index (χ1) is 24.1. The van der Waals surface area contributed by atoms with Crippen LogP contribution in [0.3, 0.4) is 0 Å². The highest BCUT2D eigenvalue weighted by Crippen LogP contribution is 2.39. The zero-order valence-electron chi connectivity index (χ0n) is 30.4. The van der Waals surface area contributed by atoms with Crippen LogP contribution in [0.25, 0.3) is 5.57 Å². The summed E-state index contributed by atoms with van der Waals surface area (Å²) >= 11 is 0. The van der Waals surface area contributed by atoms with Crippen LogP contribution in [0.2, 0.25) is 18.1 Å². The molecule has 0 aliphatic carbocycles. The molecule has 0 saturated heterocycles. The van der Waals surface area contributed by atoms with Gasteiger partial charge in [0.1, 0.15) is 13.2 Å². The summed E-state index contributed by atoms with van der Waals surface area (Å²) in [4.78, 5) is 29.3. The number of amides is 2. The molecule has 4 rings (SSSR count). The Kier molecular flexibility index (Phi) is 12.9. The number of hydrogen-bond donors (Lipinski definition) is 2. The van der Waals surface area contributed by atoms with E-state index >= 15 is 0 Å². The lowest BCUT2D eigenvalue weighted by molar-refractivity contribution is 0.0627. The summed E-state index contributed by atoms with van der Waals surface area (Å²) in [6.45, 7) is 15.1. The summed E-state index contributed by atoms with van der Waals surface area (Å²) in [6.07, 6.45) is 3.11. The fourth-order valence-corrected chi connectivity index (χ4v) is 6.98. The summed E-state index contributed by atoms with van der Waals surface area (Å²) in [5.74, 6) is 0.300. The highest BCUT2D eigenvalue weighted by Gasteiger charge is 2.39. The smallest absolute Gasteiger partial charge is 0.411 e. The first-order valence-electron chi connectivity index (χ1n) is 16.7. The zero-order chi connectivity index (χ0) is 37.4. The molecule has 0 radical (unpaired) electrons. The van der Waals surface area contributed by atoms with Gasteiger partial charge in [-0.15, -0.1) is 0 Å². The Hall–Kier alpha value is -4.43. The maximum atomic E-state index is 14.6. The normalized spacial score (nSPS) is 15.1. The van der Waals surface area contributed by atoms with Crippen molar-refractivity contribution >= 4 is 41.6 Å². The zero-order valence-corrected chi connectivity index (χ0v) is 32.3. The number of nitrogens with zero attached hydrogens (tertiary/aromatic N) is 1. The Morgan fingerprint density at radius 2 is 1.73 bits per heavy atom. The molecule has 0 unspecified atom stereocenters. The van der Waals surface area contributed by atoms with E-state index in [0.717, 1.165) is 16.7 Å². The highest BCUT2D eigenvalue weighted by molar-refractivity contribution is 7.89. The second-order valence-electron chi connectivity index (χ2n) is 13.7. The summed E-state index contributed by atoms with van der Waals surface area (Å²) in [6, 6.07) is 19.0. The van der Waals surface area contributed by atoms with Gasteiger partial charge in [-0.25, -0.2) is 17.9 Å². The number of sulfonamides is 1. The number of carbonyl (C=O) groups excluding carboxylic acids is 2. The molecule has 0 fully saturated rings.